The molecule has 0 aliphatic carbocycles. The number of carbonyl (C=O) groups excluding carboxylic acids is 1. The molecule has 0 fully saturated rings. The lowest BCUT2D eigenvalue weighted by molar-refractivity contribution is -0.123. The number of hydrogen-bond donors (Lipinski definition) is 2. The molecule has 0 saturated carbocycles. The fourth-order valence-corrected chi connectivity index (χ4v) is 3.90. The number of amides is 1. The molecule has 3 rings (SSSR count). The van der Waals surface area contributed by atoms with E-state index in [-0.39, 0.29) is 11.9 Å². The Hall–Kier alpha value is -2.80. The topological polar surface area (TPSA) is 85.8 Å². The minimum Gasteiger partial charge on any atom is -0.368 e. The molecule has 2 aromatic carbocycles. The lowest BCUT2D eigenvalue weighted by Crippen LogP contribution is -2.33. The van der Waals surface area contributed by atoms with Crippen LogP contribution in [0.15, 0.2) is 65.8 Å². The van der Waals surface area contributed by atoms with Crippen LogP contribution >= 0.6 is 11.8 Å². The number of carbonyl (C=O) groups is 1. The smallest absolute Gasteiger partial charge is 0.243 e. The van der Waals surface area contributed by atoms with E-state index in [1.165, 1.54) is 11.1 Å². The normalized spacial score (nSPS) is 11.9. The molecule has 0 spiro atoms. The summed E-state index contributed by atoms with van der Waals surface area (Å²) in [6, 6.07) is 19.9. The van der Waals surface area contributed by atoms with Crippen molar-refractivity contribution in [1.29, 1.82) is 0 Å². The van der Waals surface area contributed by atoms with Gasteiger partial charge >= 0.3 is 0 Å². The summed E-state index contributed by atoms with van der Waals surface area (Å²) in [6.45, 7) is 2.39. The molecule has 0 aliphatic rings. The number of hydrogen-bond acceptors (Lipinski definition) is 5. The maximum atomic E-state index is 12.6. The number of aromatic nitrogens is 3. The summed E-state index contributed by atoms with van der Waals surface area (Å²) < 4.78 is 1.70. The van der Waals surface area contributed by atoms with Gasteiger partial charge in [0.15, 0.2) is 5.16 Å². The summed E-state index contributed by atoms with van der Waals surface area (Å²) in [7, 11) is 0. The van der Waals surface area contributed by atoms with E-state index in [4.69, 9.17) is 5.73 Å². The Morgan fingerprint density at radius 2 is 1.64 bits per heavy atom. The third-order valence-electron chi connectivity index (χ3n) is 4.48. The fourth-order valence-electron chi connectivity index (χ4n) is 2.90. The zero-order valence-electron chi connectivity index (χ0n) is 15.9. The molecule has 1 atom stereocenters. The average Bonchev–Trinajstić information content (AvgIpc) is 3.09. The van der Waals surface area contributed by atoms with Gasteiger partial charge in [-0.3, -0.25) is 9.36 Å². The van der Waals surface area contributed by atoms with Crippen LogP contribution < -0.4 is 11.1 Å². The van der Waals surface area contributed by atoms with Crippen LogP contribution in [0.1, 0.15) is 24.1 Å². The van der Waals surface area contributed by atoms with Gasteiger partial charge in [-0.2, -0.15) is 0 Å². The van der Waals surface area contributed by atoms with Gasteiger partial charge in [-0.25, -0.2) is 0 Å². The lowest BCUT2D eigenvalue weighted by atomic mass is 10.1. The number of anilines is 1. The Bertz CT molecular complexity index is 882. The van der Waals surface area contributed by atoms with Crippen molar-refractivity contribution < 1.29 is 4.79 Å². The highest BCUT2D eigenvalue weighted by Gasteiger charge is 2.21. The van der Waals surface area contributed by atoms with Gasteiger partial charge in [0, 0.05) is 12.3 Å². The van der Waals surface area contributed by atoms with E-state index in [2.05, 4.69) is 39.8 Å². The highest BCUT2D eigenvalue weighted by molar-refractivity contribution is 7.99. The van der Waals surface area contributed by atoms with E-state index in [1.807, 2.05) is 43.3 Å². The first-order chi connectivity index (χ1) is 13.6. The van der Waals surface area contributed by atoms with Gasteiger partial charge in [0.05, 0.1) is 0 Å². The van der Waals surface area contributed by atoms with Crippen LogP contribution in [0.5, 0.6) is 0 Å². The number of rotatable bonds is 9. The number of nitrogens with zero attached hydrogens (tertiary/aromatic N) is 3. The molecule has 7 heteroatoms. The molecular formula is C21H25N5OS. The monoisotopic (exact) mass is 395 g/mol. The zero-order chi connectivity index (χ0) is 19.8. The second-order valence-corrected chi connectivity index (χ2v) is 7.56. The third kappa shape index (κ3) is 5.36. The van der Waals surface area contributed by atoms with E-state index in [0.717, 1.165) is 18.6 Å². The first-order valence-corrected chi connectivity index (χ1v) is 10.3. The molecule has 6 nitrogen and oxygen atoms in total. The van der Waals surface area contributed by atoms with Crippen LogP contribution in [-0.2, 0) is 17.6 Å². The van der Waals surface area contributed by atoms with Gasteiger partial charge in [0.2, 0.25) is 11.9 Å². The molecule has 1 unspecified atom stereocenters. The Morgan fingerprint density at radius 3 is 2.29 bits per heavy atom. The maximum absolute atomic E-state index is 12.6. The van der Waals surface area contributed by atoms with Gasteiger partial charge in [-0.05, 0) is 30.9 Å². The van der Waals surface area contributed by atoms with E-state index >= 15 is 0 Å². The van der Waals surface area contributed by atoms with Crippen molar-refractivity contribution in [2.45, 2.75) is 31.0 Å². The molecule has 0 bridgehead atoms. The predicted octanol–water partition coefficient (Wildman–Crippen LogP) is 3.12. The van der Waals surface area contributed by atoms with Gasteiger partial charge in [0.1, 0.15) is 6.04 Å². The summed E-state index contributed by atoms with van der Waals surface area (Å²) in [6.07, 6.45) is 1.70. The molecule has 1 amide bonds. The molecule has 28 heavy (non-hydrogen) atoms. The van der Waals surface area contributed by atoms with Crippen LogP contribution in [0.3, 0.4) is 0 Å². The zero-order valence-corrected chi connectivity index (χ0v) is 16.7. The molecule has 146 valence electrons. The van der Waals surface area contributed by atoms with Crippen molar-refractivity contribution in [1.82, 2.24) is 20.1 Å². The van der Waals surface area contributed by atoms with Crippen molar-refractivity contribution >= 4 is 23.6 Å². The molecule has 3 aromatic rings. The molecular weight excluding hydrogens is 370 g/mol. The number of nitrogens with two attached hydrogens (primary N) is 1. The summed E-state index contributed by atoms with van der Waals surface area (Å²) in [5.41, 5.74) is 8.43. The molecule has 0 aliphatic heterocycles. The minimum atomic E-state index is -0.468. The van der Waals surface area contributed by atoms with Crippen molar-refractivity contribution in [2.24, 2.45) is 0 Å². The Morgan fingerprint density at radius 1 is 1.04 bits per heavy atom. The highest BCUT2D eigenvalue weighted by atomic mass is 32.2. The van der Waals surface area contributed by atoms with Gasteiger partial charge < -0.3 is 11.1 Å². The summed E-state index contributed by atoms with van der Waals surface area (Å²) in [5, 5.41) is 11.8. The fraction of sp³-hybridized carbons (Fsp3) is 0.286. The first-order valence-electron chi connectivity index (χ1n) is 9.34. The highest BCUT2D eigenvalue weighted by Crippen LogP contribution is 2.23. The molecule has 3 N–H and O–H groups in total. The summed E-state index contributed by atoms with van der Waals surface area (Å²) >= 11 is 1.56. The van der Waals surface area contributed by atoms with E-state index in [9.17, 15) is 4.79 Å². The average molecular weight is 396 g/mol. The second-order valence-electron chi connectivity index (χ2n) is 6.50. The van der Waals surface area contributed by atoms with Crippen LogP contribution in [0.2, 0.25) is 0 Å². The van der Waals surface area contributed by atoms with E-state index < -0.39 is 6.04 Å². The van der Waals surface area contributed by atoms with Crippen LogP contribution in [0.25, 0.3) is 0 Å². The van der Waals surface area contributed by atoms with Crippen LogP contribution in [0, 0.1) is 0 Å². The van der Waals surface area contributed by atoms with Crippen molar-refractivity contribution in [3.05, 3.63) is 71.8 Å². The van der Waals surface area contributed by atoms with Gasteiger partial charge in [-0.15, -0.1) is 10.2 Å². The molecule has 1 heterocycles. The Kier molecular flexibility index (Phi) is 7.08. The number of thioether (sulfide) groups is 1. The predicted molar refractivity (Wildman–Crippen MR) is 113 cm³/mol. The number of aryl methyl sites for hydroxylation is 1. The molecule has 1 aromatic heterocycles. The minimum absolute atomic E-state index is 0.0904. The summed E-state index contributed by atoms with van der Waals surface area (Å²) in [4.78, 5) is 12.6. The molecule has 0 radical (unpaired) electrons. The lowest BCUT2D eigenvalue weighted by Gasteiger charge is -2.16. The number of benzene rings is 2. The SMILES string of the molecule is CC(C(=O)NCCc1ccccc1)n1c(N)nnc1SCCc1ccccc1. The van der Waals surface area contributed by atoms with Crippen molar-refractivity contribution in [2.75, 3.05) is 18.0 Å². The quantitative estimate of drug-likeness (QED) is 0.544. The first kappa shape index (κ1) is 19.9. The maximum Gasteiger partial charge on any atom is 0.243 e. The van der Waals surface area contributed by atoms with Crippen molar-refractivity contribution in [3.63, 3.8) is 0 Å². The Labute approximate surface area is 169 Å². The van der Waals surface area contributed by atoms with Gasteiger partial charge in [0.25, 0.3) is 0 Å². The number of nitrogen functional groups attached to an aromatic ring is 1. The number of nitrogens with one attached hydrogen (secondary N) is 1. The van der Waals surface area contributed by atoms with E-state index in [1.54, 1.807) is 16.3 Å². The largest absolute Gasteiger partial charge is 0.368 e. The van der Waals surface area contributed by atoms with Gasteiger partial charge in [-0.1, -0.05) is 72.4 Å². The van der Waals surface area contributed by atoms with Crippen molar-refractivity contribution in [3.8, 4) is 0 Å². The molecule has 0 saturated heterocycles. The second kappa shape index (κ2) is 9.94. The van der Waals surface area contributed by atoms with Crippen LogP contribution in [0.4, 0.5) is 5.95 Å². The van der Waals surface area contributed by atoms with Crippen LogP contribution in [-0.4, -0.2) is 33.0 Å². The van der Waals surface area contributed by atoms with E-state index in [0.29, 0.717) is 11.7 Å². The third-order valence-corrected chi connectivity index (χ3v) is 5.42. The Balaban J connectivity index is 1.54. The standard InChI is InChI=1S/C21H25N5OS/c1-16(19(27)23-14-12-17-8-4-2-5-9-17)26-20(22)24-25-21(26)28-15-13-18-10-6-3-7-11-18/h2-11,16H,12-15H2,1H3,(H2,22,24)(H,23,27). The summed E-state index contributed by atoms with van der Waals surface area (Å²) in [5.74, 6) is 1.00.